The van der Waals surface area contributed by atoms with Gasteiger partial charge in [0.15, 0.2) is 0 Å². The maximum absolute atomic E-state index is 12.9. The Bertz CT molecular complexity index is 950. The maximum Gasteiger partial charge on any atom is 0.251 e. The summed E-state index contributed by atoms with van der Waals surface area (Å²) in [5, 5.41) is 3.82. The van der Waals surface area contributed by atoms with Crippen LogP contribution in [0.15, 0.2) is 35.1 Å². The van der Waals surface area contributed by atoms with Gasteiger partial charge in [0, 0.05) is 28.4 Å². The average Bonchev–Trinajstić information content (AvgIpc) is 3.16. The highest BCUT2D eigenvalue weighted by Crippen LogP contribution is 2.34. The van der Waals surface area contributed by atoms with Crippen molar-refractivity contribution in [3.8, 4) is 11.1 Å². The number of fused-ring (bicyclic) bond motifs is 1. The lowest BCUT2D eigenvalue weighted by Crippen LogP contribution is -2.43. The van der Waals surface area contributed by atoms with Crippen molar-refractivity contribution in [3.63, 3.8) is 0 Å². The lowest BCUT2D eigenvalue weighted by Gasteiger charge is -2.29. The van der Waals surface area contributed by atoms with Gasteiger partial charge in [-0.15, -0.1) is 0 Å². The molecule has 2 atom stereocenters. The molecule has 1 saturated carbocycles. The summed E-state index contributed by atoms with van der Waals surface area (Å²) in [7, 11) is 0. The number of nitrogens with one attached hydrogen (secondary N) is 1. The fourth-order valence-electron chi connectivity index (χ4n) is 4.76. The van der Waals surface area contributed by atoms with Crippen molar-refractivity contribution >= 4 is 17.5 Å². The summed E-state index contributed by atoms with van der Waals surface area (Å²) < 4.78 is 1.67. The summed E-state index contributed by atoms with van der Waals surface area (Å²) in [5.41, 5.74) is 3.84. The van der Waals surface area contributed by atoms with Crippen molar-refractivity contribution in [1.82, 2.24) is 9.88 Å². The lowest BCUT2D eigenvalue weighted by molar-refractivity contribution is -0.123. The summed E-state index contributed by atoms with van der Waals surface area (Å²) in [6.45, 7) is 2.31. The van der Waals surface area contributed by atoms with Crippen LogP contribution < -0.4 is 10.9 Å². The number of rotatable bonds is 4. The normalized spacial score (nSPS) is 21.4. The number of nitrogens with zero attached hydrogens (tertiary/aromatic N) is 1. The minimum Gasteiger partial charge on any atom is -0.352 e. The molecule has 0 unspecified atom stereocenters. The molecule has 5 heteroatoms. The van der Waals surface area contributed by atoms with Crippen molar-refractivity contribution in [2.24, 2.45) is 5.92 Å². The topological polar surface area (TPSA) is 51.1 Å². The van der Waals surface area contributed by atoms with Crippen LogP contribution in [0.2, 0.25) is 5.02 Å². The molecule has 1 fully saturated rings. The third-order valence-electron chi connectivity index (χ3n) is 6.30. The predicted molar refractivity (Wildman–Crippen MR) is 113 cm³/mol. The molecule has 1 N–H and O–H groups in total. The van der Waals surface area contributed by atoms with Gasteiger partial charge in [-0.05, 0) is 55.2 Å². The van der Waals surface area contributed by atoms with Crippen molar-refractivity contribution in [1.29, 1.82) is 0 Å². The van der Waals surface area contributed by atoms with Crippen LogP contribution in [0.1, 0.15) is 50.3 Å². The molecular formula is C23H27ClN2O2. The van der Waals surface area contributed by atoms with Gasteiger partial charge in [-0.2, -0.15) is 0 Å². The molecule has 2 aromatic rings. The van der Waals surface area contributed by atoms with E-state index < -0.39 is 0 Å². The summed E-state index contributed by atoms with van der Waals surface area (Å²) in [4.78, 5) is 25.6. The number of hydrogen-bond donors (Lipinski definition) is 1. The number of halogens is 1. The van der Waals surface area contributed by atoms with Crippen LogP contribution in [0.5, 0.6) is 0 Å². The van der Waals surface area contributed by atoms with E-state index in [1.54, 1.807) is 10.6 Å². The fourth-order valence-corrected chi connectivity index (χ4v) is 4.99. The third-order valence-corrected chi connectivity index (χ3v) is 6.63. The molecule has 0 radical (unpaired) electrons. The quantitative estimate of drug-likeness (QED) is 0.832. The monoisotopic (exact) mass is 398 g/mol. The van der Waals surface area contributed by atoms with Gasteiger partial charge in [0.25, 0.3) is 5.56 Å². The minimum atomic E-state index is -0.123. The predicted octanol–water partition coefficient (Wildman–Crippen LogP) is 4.35. The average molecular weight is 399 g/mol. The van der Waals surface area contributed by atoms with Gasteiger partial charge in [-0.3, -0.25) is 9.59 Å². The smallest absolute Gasteiger partial charge is 0.251 e. The fraction of sp³-hybridized carbons (Fsp3) is 0.478. The van der Waals surface area contributed by atoms with E-state index >= 15 is 0 Å². The number of carbonyl (C=O) groups excluding carboxylic acids is 1. The van der Waals surface area contributed by atoms with E-state index in [0.717, 1.165) is 60.9 Å². The Morgan fingerprint density at radius 3 is 2.71 bits per heavy atom. The van der Waals surface area contributed by atoms with E-state index in [-0.39, 0.29) is 24.1 Å². The number of pyridine rings is 1. The Kier molecular flexibility index (Phi) is 5.58. The van der Waals surface area contributed by atoms with Crippen LogP contribution in [0.25, 0.3) is 11.1 Å². The zero-order valence-corrected chi connectivity index (χ0v) is 17.1. The van der Waals surface area contributed by atoms with E-state index in [2.05, 4.69) is 12.2 Å². The molecule has 4 rings (SSSR count). The van der Waals surface area contributed by atoms with E-state index in [9.17, 15) is 9.59 Å². The molecule has 1 heterocycles. The van der Waals surface area contributed by atoms with Crippen LogP contribution in [-0.4, -0.2) is 16.5 Å². The number of aromatic nitrogens is 1. The van der Waals surface area contributed by atoms with Crippen molar-refractivity contribution in [2.75, 3.05) is 0 Å². The van der Waals surface area contributed by atoms with Gasteiger partial charge in [-0.1, -0.05) is 49.6 Å². The highest BCUT2D eigenvalue weighted by molar-refractivity contribution is 6.33. The molecule has 0 aliphatic heterocycles. The molecule has 4 nitrogen and oxygen atoms in total. The van der Waals surface area contributed by atoms with E-state index in [1.165, 1.54) is 6.42 Å². The first-order valence-electron chi connectivity index (χ1n) is 10.3. The molecule has 148 valence electrons. The SMILES string of the molecule is C[C@@H]1CCCC[C@H]1NC(=O)Cn1c2c(c(-c3ccccc3Cl)cc1=O)CCC2. The standard InChI is InChI=1S/C23H27ClN2O2/c1-15-7-2-5-11-20(15)25-22(27)14-26-21-12-6-9-17(21)18(13-23(26)28)16-8-3-4-10-19(16)24/h3-4,8,10,13,15,20H,2,5-7,9,11-12,14H2,1H3,(H,25,27)/t15-,20-/m1/s1. The zero-order chi connectivity index (χ0) is 19.7. The maximum atomic E-state index is 12.9. The van der Waals surface area contributed by atoms with Crippen LogP contribution in [-0.2, 0) is 24.2 Å². The van der Waals surface area contributed by atoms with E-state index in [4.69, 9.17) is 11.6 Å². The van der Waals surface area contributed by atoms with Gasteiger partial charge < -0.3 is 9.88 Å². The van der Waals surface area contributed by atoms with Crippen LogP contribution in [0.4, 0.5) is 0 Å². The second kappa shape index (κ2) is 8.12. The molecule has 0 saturated heterocycles. The van der Waals surface area contributed by atoms with Gasteiger partial charge in [0.1, 0.15) is 6.54 Å². The number of amides is 1. The first kappa shape index (κ1) is 19.3. The molecule has 2 aliphatic rings. The largest absolute Gasteiger partial charge is 0.352 e. The molecule has 2 aliphatic carbocycles. The second-order valence-corrected chi connectivity index (χ2v) is 8.58. The Morgan fingerprint density at radius 2 is 1.93 bits per heavy atom. The Balaban J connectivity index is 1.62. The molecule has 1 aromatic carbocycles. The highest BCUT2D eigenvalue weighted by Gasteiger charge is 2.25. The first-order valence-corrected chi connectivity index (χ1v) is 10.7. The van der Waals surface area contributed by atoms with Gasteiger partial charge in [-0.25, -0.2) is 0 Å². The highest BCUT2D eigenvalue weighted by atomic mass is 35.5. The van der Waals surface area contributed by atoms with Crippen LogP contribution >= 0.6 is 11.6 Å². The Hall–Kier alpha value is -2.07. The molecule has 0 bridgehead atoms. The third kappa shape index (κ3) is 3.75. The summed E-state index contributed by atoms with van der Waals surface area (Å²) in [6.07, 6.45) is 7.34. The van der Waals surface area contributed by atoms with Gasteiger partial charge in [0.05, 0.1) is 0 Å². The lowest BCUT2D eigenvalue weighted by atomic mass is 9.86. The second-order valence-electron chi connectivity index (χ2n) is 8.18. The molecule has 1 aromatic heterocycles. The molecule has 0 spiro atoms. The zero-order valence-electron chi connectivity index (χ0n) is 16.3. The van der Waals surface area contributed by atoms with Crippen LogP contribution in [0.3, 0.4) is 0 Å². The molecule has 1 amide bonds. The molecule has 28 heavy (non-hydrogen) atoms. The summed E-state index contributed by atoms with van der Waals surface area (Å²) in [6, 6.07) is 9.52. The first-order chi connectivity index (χ1) is 13.5. The van der Waals surface area contributed by atoms with E-state index in [1.807, 2.05) is 24.3 Å². The number of benzene rings is 1. The summed E-state index contributed by atoms with van der Waals surface area (Å²) >= 11 is 6.39. The number of carbonyl (C=O) groups is 1. The summed E-state index contributed by atoms with van der Waals surface area (Å²) in [5.74, 6) is 0.447. The minimum absolute atomic E-state index is 0.0551. The van der Waals surface area contributed by atoms with Crippen molar-refractivity contribution < 1.29 is 4.79 Å². The number of hydrogen-bond acceptors (Lipinski definition) is 2. The van der Waals surface area contributed by atoms with Crippen molar-refractivity contribution in [3.05, 3.63) is 57.0 Å². The van der Waals surface area contributed by atoms with Gasteiger partial charge >= 0.3 is 0 Å². The van der Waals surface area contributed by atoms with Gasteiger partial charge in [0.2, 0.25) is 5.91 Å². The van der Waals surface area contributed by atoms with E-state index in [0.29, 0.717) is 10.9 Å². The Labute approximate surface area is 170 Å². The molecular weight excluding hydrogens is 372 g/mol. The Morgan fingerprint density at radius 1 is 1.14 bits per heavy atom. The van der Waals surface area contributed by atoms with Crippen LogP contribution in [0, 0.1) is 5.92 Å². The van der Waals surface area contributed by atoms with Crippen molar-refractivity contribution in [2.45, 2.75) is 64.5 Å².